The normalized spacial score (nSPS) is 19.6. The van der Waals surface area contributed by atoms with Gasteiger partial charge in [0.1, 0.15) is 28.7 Å². The number of fused-ring (bicyclic) bond motifs is 1. The number of aromatic nitrogens is 3. The Morgan fingerprint density at radius 2 is 1.63 bits per heavy atom. The Morgan fingerprint density at radius 3 is 2.37 bits per heavy atom. The molecular weight excluding hydrogens is 374 g/mol. The van der Waals surface area contributed by atoms with Crippen LogP contribution in [0.15, 0.2) is 78.9 Å². The highest BCUT2D eigenvalue weighted by Crippen LogP contribution is 2.54. The van der Waals surface area contributed by atoms with Crippen molar-refractivity contribution in [3.8, 4) is 11.5 Å². The van der Waals surface area contributed by atoms with Gasteiger partial charge in [-0.25, -0.2) is 4.68 Å². The predicted molar refractivity (Wildman–Crippen MR) is 117 cm³/mol. The van der Waals surface area contributed by atoms with Crippen molar-refractivity contribution in [2.45, 2.75) is 32.4 Å². The molecule has 0 amide bonds. The number of hydrogen-bond donors (Lipinski definition) is 0. The van der Waals surface area contributed by atoms with Gasteiger partial charge in [0.2, 0.25) is 0 Å². The van der Waals surface area contributed by atoms with Gasteiger partial charge in [0.15, 0.2) is 0 Å². The number of hydrogen-bond acceptors (Lipinski definition) is 4. The molecule has 0 unspecified atom stereocenters. The molecule has 0 spiro atoms. The van der Waals surface area contributed by atoms with Crippen LogP contribution in [0.4, 0.5) is 0 Å². The second-order valence-electron chi connectivity index (χ2n) is 8.84. The maximum Gasteiger partial charge on any atom is 0.127 e. The molecule has 30 heavy (non-hydrogen) atoms. The van der Waals surface area contributed by atoms with Crippen LogP contribution < -0.4 is 4.74 Å². The van der Waals surface area contributed by atoms with Crippen molar-refractivity contribution in [1.29, 1.82) is 0 Å². The lowest BCUT2D eigenvalue weighted by Crippen LogP contribution is -2.40. The number of para-hydroxylation sites is 2. The zero-order valence-corrected chi connectivity index (χ0v) is 17.4. The predicted octanol–water partition coefficient (Wildman–Crippen LogP) is 5.63. The molecule has 1 fully saturated rings. The van der Waals surface area contributed by atoms with Crippen molar-refractivity contribution >= 4 is 11.0 Å². The summed E-state index contributed by atoms with van der Waals surface area (Å²) in [5, 5.41) is 8.96. The number of rotatable bonds is 5. The minimum Gasteiger partial charge on any atom is -0.457 e. The molecule has 152 valence electrons. The summed E-state index contributed by atoms with van der Waals surface area (Å²) in [5.41, 5.74) is 2.52. The molecule has 0 radical (unpaired) electrons. The standard InChI is InChI=1S/C25H25N3O2/c1-24(2,3)25(17-29-25)23(28-22-15-8-7-14-21(22)26-27-28)18-10-9-13-20(16-18)30-19-11-5-4-6-12-19/h4-16,23H,17H2,1-3H3/t23-,25-/m0/s1. The number of nitrogens with zero attached hydrogens (tertiary/aromatic N) is 3. The average Bonchev–Trinajstić information content (AvgIpc) is 3.44. The van der Waals surface area contributed by atoms with E-state index in [-0.39, 0.29) is 17.1 Å². The molecule has 3 aromatic carbocycles. The van der Waals surface area contributed by atoms with Crippen LogP contribution in [0, 0.1) is 5.41 Å². The smallest absolute Gasteiger partial charge is 0.127 e. The Hall–Kier alpha value is -3.18. The first kappa shape index (κ1) is 18.8. The van der Waals surface area contributed by atoms with Crippen LogP contribution in [0.5, 0.6) is 11.5 Å². The lowest BCUT2D eigenvalue weighted by Gasteiger charge is -2.35. The fourth-order valence-electron chi connectivity index (χ4n) is 4.14. The molecule has 0 saturated carbocycles. The Labute approximate surface area is 176 Å². The molecule has 0 aliphatic carbocycles. The molecule has 4 aromatic rings. The van der Waals surface area contributed by atoms with Crippen molar-refractivity contribution in [3.05, 3.63) is 84.4 Å². The third kappa shape index (κ3) is 3.15. The van der Waals surface area contributed by atoms with Gasteiger partial charge in [-0.05, 0) is 47.4 Å². The number of ether oxygens (including phenoxy) is 2. The zero-order valence-electron chi connectivity index (χ0n) is 17.4. The minimum absolute atomic E-state index is 0.0823. The van der Waals surface area contributed by atoms with Crippen molar-refractivity contribution in [2.75, 3.05) is 6.61 Å². The van der Waals surface area contributed by atoms with E-state index in [1.165, 1.54) is 0 Å². The third-order valence-electron chi connectivity index (χ3n) is 5.94. The molecule has 5 heteroatoms. The quantitative estimate of drug-likeness (QED) is 0.408. The molecule has 2 atom stereocenters. The fraction of sp³-hybridized carbons (Fsp3) is 0.280. The largest absolute Gasteiger partial charge is 0.457 e. The second-order valence-corrected chi connectivity index (χ2v) is 8.84. The van der Waals surface area contributed by atoms with Gasteiger partial charge in [-0.1, -0.05) is 68.4 Å². The van der Waals surface area contributed by atoms with Gasteiger partial charge in [0, 0.05) is 0 Å². The summed E-state index contributed by atoms with van der Waals surface area (Å²) in [6, 6.07) is 26.0. The van der Waals surface area contributed by atoms with E-state index in [0.717, 1.165) is 28.1 Å². The van der Waals surface area contributed by atoms with Crippen LogP contribution in [0.25, 0.3) is 11.0 Å². The summed E-state index contributed by atoms with van der Waals surface area (Å²) in [6.45, 7) is 7.34. The van der Waals surface area contributed by atoms with Crippen molar-refractivity contribution in [1.82, 2.24) is 15.0 Å². The van der Waals surface area contributed by atoms with Gasteiger partial charge in [-0.15, -0.1) is 5.10 Å². The first-order valence-electron chi connectivity index (χ1n) is 10.2. The topological polar surface area (TPSA) is 52.5 Å². The fourth-order valence-corrected chi connectivity index (χ4v) is 4.14. The van der Waals surface area contributed by atoms with Crippen molar-refractivity contribution < 1.29 is 9.47 Å². The summed E-state index contributed by atoms with van der Waals surface area (Å²) in [4.78, 5) is 0. The van der Waals surface area contributed by atoms with E-state index in [0.29, 0.717) is 6.61 Å². The molecule has 1 aromatic heterocycles. The third-order valence-corrected chi connectivity index (χ3v) is 5.94. The van der Waals surface area contributed by atoms with E-state index in [1.54, 1.807) is 0 Å². The van der Waals surface area contributed by atoms with Gasteiger partial charge >= 0.3 is 0 Å². The molecule has 2 heterocycles. The van der Waals surface area contributed by atoms with Crippen LogP contribution in [-0.4, -0.2) is 27.2 Å². The van der Waals surface area contributed by atoms with E-state index >= 15 is 0 Å². The Bertz CT molecular complexity index is 1170. The highest BCUT2D eigenvalue weighted by atomic mass is 16.6. The first-order valence-corrected chi connectivity index (χ1v) is 10.2. The van der Waals surface area contributed by atoms with Crippen LogP contribution in [-0.2, 0) is 4.74 Å². The van der Waals surface area contributed by atoms with Gasteiger partial charge in [0.25, 0.3) is 0 Å². The maximum absolute atomic E-state index is 6.18. The van der Waals surface area contributed by atoms with E-state index in [2.05, 4.69) is 49.3 Å². The van der Waals surface area contributed by atoms with Crippen LogP contribution in [0.1, 0.15) is 32.4 Å². The van der Waals surface area contributed by atoms with Gasteiger partial charge in [0.05, 0.1) is 12.1 Å². The second kappa shape index (κ2) is 6.96. The van der Waals surface area contributed by atoms with E-state index in [9.17, 15) is 0 Å². The summed E-state index contributed by atoms with van der Waals surface area (Å²) in [5.74, 6) is 1.60. The lowest BCUT2D eigenvalue weighted by molar-refractivity contribution is 0.108. The van der Waals surface area contributed by atoms with E-state index in [4.69, 9.17) is 9.47 Å². The van der Waals surface area contributed by atoms with Crippen molar-refractivity contribution in [3.63, 3.8) is 0 Å². The van der Waals surface area contributed by atoms with Gasteiger partial charge < -0.3 is 9.47 Å². The van der Waals surface area contributed by atoms with Crippen LogP contribution in [0.3, 0.4) is 0 Å². The molecule has 1 aliphatic heterocycles. The highest BCUT2D eigenvalue weighted by molar-refractivity contribution is 5.74. The summed E-state index contributed by atoms with van der Waals surface area (Å²) < 4.78 is 14.3. The highest BCUT2D eigenvalue weighted by Gasteiger charge is 2.61. The van der Waals surface area contributed by atoms with Crippen LogP contribution >= 0.6 is 0 Å². The molecule has 1 aliphatic rings. The molecule has 5 nitrogen and oxygen atoms in total. The number of benzene rings is 3. The minimum atomic E-state index is -0.366. The Morgan fingerprint density at radius 1 is 0.933 bits per heavy atom. The molecule has 0 bridgehead atoms. The first-order chi connectivity index (χ1) is 14.5. The average molecular weight is 399 g/mol. The Kier molecular flexibility index (Phi) is 4.36. The SMILES string of the molecule is CC(C)(C)[C@@]1([C@H](c2cccc(Oc3ccccc3)c2)n2nnc3ccccc32)CO1. The van der Waals surface area contributed by atoms with Gasteiger partial charge in [-0.2, -0.15) is 0 Å². The van der Waals surface area contributed by atoms with E-state index < -0.39 is 0 Å². The summed E-state index contributed by atoms with van der Waals surface area (Å²) >= 11 is 0. The molecule has 5 rings (SSSR count). The number of epoxide rings is 1. The molecular formula is C25H25N3O2. The van der Waals surface area contributed by atoms with Crippen molar-refractivity contribution in [2.24, 2.45) is 5.41 Å². The van der Waals surface area contributed by atoms with Gasteiger partial charge in [-0.3, -0.25) is 0 Å². The zero-order chi connectivity index (χ0) is 20.8. The lowest BCUT2D eigenvalue weighted by atomic mass is 9.74. The monoisotopic (exact) mass is 399 g/mol. The van der Waals surface area contributed by atoms with Crippen LogP contribution in [0.2, 0.25) is 0 Å². The Balaban J connectivity index is 1.62. The summed E-state index contributed by atoms with van der Waals surface area (Å²) in [7, 11) is 0. The molecule has 1 saturated heterocycles. The summed E-state index contributed by atoms with van der Waals surface area (Å²) in [6.07, 6.45) is 0. The molecule has 0 N–H and O–H groups in total. The maximum atomic E-state index is 6.18. The van der Waals surface area contributed by atoms with E-state index in [1.807, 2.05) is 65.3 Å².